The molecular formula is C17H19N5. The summed E-state index contributed by atoms with van der Waals surface area (Å²) in [5, 5.41) is 4.39. The first-order chi connectivity index (χ1) is 10.6. The molecule has 1 aliphatic rings. The Morgan fingerprint density at radius 2 is 1.91 bits per heavy atom. The van der Waals surface area contributed by atoms with Gasteiger partial charge in [0.1, 0.15) is 12.1 Å². The van der Waals surface area contributed by atoms with E-state index in [-0.39, 0.29) is 5.54 Å². The maximum absolute atomic E-state index is 4.56. The third-order valence-electron chi connectivity index (χ3n) is 4.70. The van der Waals surface area contributed by atoms with E-state index >= 15 is 0 Å². The fraction of sp³-hybridized carbons (Fsp3) is 0.353. The lowest BCUT2D eigenvalue weighted by Crippen LogP contribution is -2.41. The molecule has 0 atom stereocenters. The molecule has 0 radical (unpaired) electrons. The highest BCUT2D eigenvalue weighted by Gasteiger charge is 2.36. The van der Waals surface area contributed by atoms with Crippen molar-refractivity contribution >= 4 is 11.6 Å². The largest absolute Gasteiger partial charge is 0.347 e. The zero-order valence-electron chi connectivity index (χ0n) is 13.1. The van der Waals surface area contributed by atoms with Gasteiger partial charge in [0.15, 0.2) is 0 Å². The molecule has 4 rings (SSSR count). The van der Waals surface area contributed by atoms with Gasteiger partial charge in [0.25, 0.3) is 5.78 Å². The molecule has 0 spiro atoms. The number of benzene rings is 1. The van der Waals surface area contributed by atoms with E-state index in [0.717, 1.165) is 24.5 Å². The van der Waals surface area contributed by atoms with E-state index in [0.29, 0.717) is 5.78 Å². The minimum Gasteiger partial charge on any atom is -0.347 e. The van der Waals surface area contributed by atoms with E-state index in [4.69, 9.17) is 0 Å². The molecule has 0 bridgehead atoms. The van der Waals surface area contributed by atoms with Gasteiger partial charge < -0.3 is 4.90 Å². The van der Waals surface area contributed by atoms with Gasteiger partial charge in [-0.1, -0.05) is 30.3 Å². The van der Waals surface area contributed by atoms with Crippen LogP contribution in [0.25, 0.3) is 5.78 Å². The van der Waals surface area contributed by atoms with Gasteiger partial charge >= 0.3 is 0 Å². The van der Waals surface area contributed by atoms with Gasteiger partial charge in [-0.15, -0.1) is 0 Å². The second kappa shape index (κ2) is 4.53. The van der Waals surface area contributed by atoms with Crippen LogP contribution in [-0.4, -0.2) is 26.1 Å². The number of anilines is 1. The van der Waals surface area contributed by atoms with Crippen LogP contribution in [0.4, 0.5) is 5.82 Å². The molecule has 1 aliphatic heterocycles. The number of nitrogens with zero attached hydrogens (tertiary/aromatic N) is 5. The summed E-state index contributed by atoms with van der Waals surface area (Å²) in [6, 6.07) is 10.6. The minimum absolute atomic E-state index is 0.112. The lowest BCUT2D eigenvalue weighted by Gasteiger charge is -2.38. The van der Waals surface area contributed by atoms with Gasteiger partial charge in [0.05, 0.1) is 5.54 Å². The van der Waals surface area contributed by atoms with E-state index in [9.17, 15) is 0 Å². The van der Waals surface area contributed by atoms with Crippen molar-refractivity contribution in [2.75, 3.05) is 11.4 Å². The number of rotatable bonds is 2. The van der Waals surface area contributed by atoms with Gasteiger partial charge in [-0.25, -0.2) is 4.98 Å². The minimum atomic E-state index is -0.112. The van der Waals surface area contributed by atoms with Gasteiger partial charge in [-0.3, -0.25) is 0 Å². The summed E-state index contributed by atoms with van der Waals surface area (Å²) in [6.45, 7) is 7.55. The van der Waals surface area contributed by atoms with Crippen molar-refractivity contribution in [3.63, 3.8) is 0 Å². The van der Waals surface area contributed by atoms with Crippen molar-refractivity contribution in [2.45, 2.75) is 32.7 Å². The van der Waals surface area contributed by atoms with Crippen LogP contribution in [0.5, 0.6) is 0 Å². The molecule has 2 aromatic heterocycles. The molecule has 3 aromatic rings. The van der Waals surface area contributed by atoms with E-state index in [2.05, 4.69) is 71.1 Å². The average Bonchev–Trinajstić information content (AvgIpc) is 3.14. The van der Waals surface area contributed by atoms with Gasteiger partial charge in [-0.2, -0.15) is 14.6 Å². The van der Waals surface area contributed by atoms with Crippen LogP contribution in [0, 0.1) is 6.92 Å². The first-order valence-corrected chi connectivity index (χ1v) is 7.61. The molecule has 22 heavy (non-hydrogen) atoms. The predicted molar refractivity (Wildman–Crippen MR) is 86.0 cm³/mol. The van der Waals surface area contributed by atoms with E-state index < -0.39 is 0 Å². The Hall–Kier alpha value is -2.43. The Bertz CT molecular complexity index is 835. The predicted octanol–water partition coefficient (Wildman–Crippen LogP) is 2.73. The van der Waals surface area contributed by atoms with Crippen molar-refractivity contribution < 1.29 is 0 Å². The van der Waals surface area contributed by atoms with Crippen molar-refractivity contribution in [1.29, 1.82) is 0 Å². The summed E-state index contributed by atoms with van der Waals surface area (Å²) in [4.78, 5) is 11.2. The summed E-state index contributed by atoms with van der Waals surface area (Å²) < 4.78 is 1.88. The molecule has 0 fully saturated rings. The van der Waals surface area contributed by atoms with Crippen LogP contribution in [-0.2, 0) is 12.0 Å². The molecule has 0 amide bonds. The third kappa shape index (κ3) is 1.75. The van der Waals surface area contributed by atoms with Crippen LogP contribution in [0.2, 0.25) is 0 Å². The zero-order chi connectivity index (χ0) is 15.3. The lowest BCUT2D eigenvalue weighted by molar-refractivity contribution is 0.487. The molecule has 112 valence electrons. The SMILES string of the molecule is Cc1nc2ncnn2c2c1CCN2C(C)(C)c1ccccc1. The summed E-state index contributed by atoms with van der Waals surface area (Å²) in [5.41, 5.74) is 3.52. The van der Waals surface area contributed by atoms with Crippen molar-refractivity contribution in [2.24, 2.45) is 0 Å². The number of hydrogen-bond donors (Lipinski definition) is 0. The molecule has 5 heteroatoms. The van der Waals surface area contributed by atoms with Gasteiger partial charge in [0, 0.05) is 17.8 Å². The first-order valence-electron chi connectivity index (χ1n) is 7.61. The van der Waals surface area contributed by atoms with Crippen LogP contribution in [0.15, 0.2) is 36.7 Å². The normalized spacial score (nSPS) is 14.6. The second-order valence-electron chi connectivity index (χ2n) is 6.30. The third-order valence-corrected chi connectivity index (χ3v) is 4.70. The van der Waals surface area contributed by atoms with Crippen LogP contribution in [0.3, 0.4) is 0 Å². The maximum atomic E-state index is 4.56. The fourth-order valence-corrected chi connectivity index (χ4v) is 3.41. The summed E-state index contributed by atoms with van der Waals surface area (Å²) in [5.74, 6) is 1.81. The Kier molecular flexibility index (Phi) is 2.73. The highest BCUT2D eigenvalue weighted by atomic mass is 15.4. The Morgan fingerprint density at radius 3 is 2.68 bits per heavy atom. The standard InChI is InChI=1S/C17H19N5/c1-12-14-9-10-21(15(14)22-16(20-12)18-11-19-22)17(2,3)13-7-5-4-6-8-13/h4-8,11H,9-10H2,1-3H3. The molecule has 0 unspecified atom stereocenters. The summed E-state index contributed by atoms with van der Waals surface area (Å²) in [6.07, 6.45) is 2.58. The van der Waals surface area contributed by atoms with Gasteiger partial charge in [0.2, 0.25) is 0 Å². The Balaban J connectivity index is 1.92. The summed E-state index contributed by atoms with van der Waals surface area (Å²) >= 11 is 0. The highest BCUT2D eigenvalue weighted by molar-refractivity contribution is 5.60. The quantitative estimate of drug-likeness (QED) is 0.729. The smallest absolute Gasteiger partial charge is 0.254 e. The fourth-order valence-electron chi connectivity index (χ4n) is 3.41. The van der Waals surface area contributed by atoms with Gasteiger partial charge in [-0.05, 0) is 32.8 Å². The van der Waals surface area contributed by atoms with E-state index in [1.165, 1.54) is 11.1 Å². The average molecular weight is 293 g/mol. The molecule has 0 N–H and O–H groups in total. The highest BCUT2D eigenvalue weighted by Crippen LogP contribution is 2.39. The molecule has 1 aromatic carbocycles. The molecule has 0 saturated heterocycles. The summed E-state index contributed by atoms with van der Waals surface area (Å²) in [7, 11) is 0. The number of hydrogen-bond acceptors (Lipinski definition) is 4. The number of aryl methyl sites for hydroxylation is 1. The van der Waals surface area contributed by atoms with E-state index in [1.807, 2.05) is 4.52 Å². The van der Waals surface area contributed by atoms with Crippen LogP contribution < -0.4 is 4.90 Å². The molecular weight excluding hydrogens is 274 g/mol. The number of aromatic nitrogens is 4. The Morgan fingerprint density at radius 1 is 1.14 bits per heavy atom. The number of fused-ring (bicyclic) bond motifs is 3. The van der Waals surface area contributed by atoms with Crippen molar-refractivity contribution in [1.82, 2.24) is 19.6 Å². The lowest BCUT2D eigenvalue weighted by atomic mass is 9.92. The second-order valence-corrected chi connectivity index (χ2v) is 6.30. The molecule has 3 heterocycles. The van der Waals surface area contributed by atoms with Crippen molar-refractivity contribution in [3.05, 3.63) is 53.5 Å². The maximum Gasteiger partial charge on any atom is 0.254 e. The van der Waals surface area contributed by atoms with Crippen LogP contribution >= 0.6 is 0 Å². The molecule has 5 nitrogen and oxygen atoms in total. The molecule has 0 saturated carbocycles. The van der Waals surface area contributed by atoms with Crippen molar-refractivity contribution in [3.8, 4) is 0 Å². The van der Waals surface area contributed by atoms with E-state index in [1.54, 1.807) is 6.33 Å². The Labute approximate surface area is 129 Å². The topological polar surface area (TPSA) is 46.3 Å². The monoisotopic (exact) mass is 293 g/mol. The molecule has 0 aliphatic carbocycles. The zero-order valence-corrected chi connectivity index (χ0v) is 13.1. The first kappa shape index (κ1) is 13.2. The van der Waals surface area contributed by atoms with Crippen LogP contribution in [0.1, 0.15) is 30.7 Å².